The minimum atomic E-state index is -0.0662. The Bertz CT molecular complexity index is 527. The standard InChI is InChI=1S/C14H23N5OS/c1-9-8-18(2)6-3-7-19(9)14-11(12(15)17-21-14)13(20)16-10-4-5-10/h9-10H,3-8H2,1-2H3,(H2,15,17)(H,16,20). The van der Waals surface area contributed by atoms with Gasteiger partial charge in [0.1, 0.15) is 10.6 Å². The molecule has 2 aliphatic rings. The van der Waals surface area contributed by atoms with E-state index in [2.05, 4.69) is 33.5 Å². The van der Waals surface area contributed by atoms with Crippen molar-refractivity contribution in [2.75, 3.05) is 37.3 Å². The Morgan fingerprint density at radius 2 is 2.19 bits per heavy atom. The van der Waals surface area contributed by atoms with E-state index in [1.165, 1.54) is 11.5 Å². The van der Waals surface area contributed by atoms with Crippen LogP contribution in [0.15, 0.2) is 0 Å². The molecule has 6 nitrogen and oxygen atoms in total. The summed E-state index contributed by atoms with van der Waals surface area (Å²) in [5.41, 5.74) is 6.53. The molecular formula is C14H23N5OS. The summed E-state index contributed by atoms with van der Waals surface area (Å²) in [6.07, 6.45) is 3.23. The van der Waals surface area contributed by atoms with Crippen molar-refractivity contribution in [3.63, 3.8) is 0 Å². The van der Waals surface area contributed by atoms with E-state index in [9.17, 15) is 4.79 Å². The number of likely N-dealkylation sites (N-methyl/N-ethyl adjacent to an activating group) is 1. The van der Waals surface area contributed by atoms with Crippen LogP contribution in [-0.4, -0.2) is 53.9 Å². The number of nitrogens with one attached hydrogen (secondary N) is 1. The number of hydrogen-bond donors (Lipinski definition) is 2. The lowest BCUT2D eigenvalue weighted by Gasteiger charge is -2.29. The summed E-state index contributed by atoms with van der Waals surface area (Å²) < 4.78 is 4.23. The minimum Gasteiger partial charge on any atom is -0.382 e. The van der Waals surface area contributed by atoms with Crippen LogP contribution in [0.25, 0.3) is 0 Å². The lowest BCUT2D eigenvalue weighted by atomic mass is 10.2. The van der Waals surface area contributed by atoms with Crippen LogP contribution < -0.4 is 16.0 Å². The number of nitrogens with two attached hydrogens (primary N) is 1. The van der Waals surface area contributed by atoms with Crippen LogP contribution in [0.1, 0.15) is 36.5 Å². The highest BCUT2D eigenvalue weighted by atomic mass is 32.1. The van der Waals surface area contributed by atoms with Gasteiger partial charge in [0.15, 0.2) is 5.82 Å². The zero-order valence-corrected chi connectivity index (χ0v) is 13.4. The van der Waals surface area contributed by atoms with E-state index in [1.807, 2.05) is 0 Å². The molecule has 1 saturated carbocycles. The number of anilines is 2. The predicted molar refractivity (Wildman–Crippen MR) is 85.9 cm³/mol. The van der Waals surface area contributed by atoms with Crippen molar-refractivity contribution in [1.29, 1.82) is 0 Å². The molecule has 1 unspecified atom stereocenters. The first kappa shape index (κ1) is 14.6. The smallest absolute Gasteiger partial charge is 0.258 e. The number of aromatic nitrogens is 1. The van der Waals surface area contributed by atoms with E-state index < -0.39 is 0 Å². The average Bonchev–Trinajstić information content (AvgIpc) is 3.17. The van der Waals surface area contributed by atoms with Crippen LogP contribution in [0.5, 0.6) is 0 Å². The summed E-state index contributed by atoms with van der Waals surface area (Å²) in [6.45, 7) is 5.21. The molecule has 0 aromatic carbocycles. The van der Waals surface area contributed by atoms with E-state index in [0.717, 1.165) is 43.9 Å². The highest BCUT2D eigenvalue weighted by Crippen LogP contribution is 2.33. The molecule has 0 bridgehead atoms. The van der Waals surface area contributed by atoms with Crippen LogP contribution in [-0.2, 0) is 0 Å². The molecule has 0 spiro atoms. The molecule has 2 heterocycles. The van der Waals surface area contributed by atoms with Crippen molar-refractivity contribution in [2.24, 2.45) is 0 Å². The van der Waals surface area contributed by atoms with Crippen LogP contribution in [0.3, 0.4) is 0 Å². The molecule has 1 amide bonds. The van der Waals surface area contributed by atoms with E-state index in [0.29, 0.717) is 23.5 Å². The molecule has 0 radical (unpaired) electrons. The van der Waals surface area contributed by atoms with Crippen molar-refractivity contribution in [1.82, 2.24) is 14.6 Å². The van der Waals surface area contributed by atoms with Crippen molar-refractivity contribution >= 4 is 28.3 Å². The lowest BCUT2D eigenvalue weighted by Crippen LogP contribution is -2.39. The highest BCUT2D eigenvalue weighted by Gasteiger charge is 2.31. The van der Waals surface area contributed by atoms with E-state index in [1.54, 1.807) is 0 Å². The zero-order chi connectivity index (χ0) is 15.0. The van der Waals surface area contributed by atoms with Crippen LogP contribution in [0.2, 0.25) is 0 Å². The maximum Gasteiger partial charge on any atom is 0.258 e. The monoisotopic (exact) mass is 309 g/mol. The van der Waals surface area contributed by atoms with Gasteiger partial charge < -0.3 is 20.9 Å². The summed E-state index contributed by atoms with van der Waals surface area (Å²) in [4.78, 5) is 17.1. The molecule has 1 aromatic heterocycles. The number of carbonyl (C=O) groups is 1. The molecule has 7 heteroatoms. The van der Waals surface area contributed by atoms with Gasteiger partial charge in [-0.25, -0.2) is 0 Å². The number of nitrogens with zero attached hydrogens (tertiary/aromatic N) is 3. The largest absolute Gasteiger partial charge is 0.382 e. The number of nitrogen functional groups attached to an aromatic ring is 1. The normalized spacial score (nSPS) is 23.9. The quantitative estimate of drug-likeness (QED) is 0.876. The molecule has 116 valence electrons. The third kappa shape index (κ3) is 3.13. The summed E-state index contributed by atoms with van der Waals surface area (Å²) in [6, 6.07) is 0.683. The third-order valence-corrected chi connectivity index (χ3v) is 5.05. The Balaban J connectivity index is 1.85. The van der Waals surface area contributed by atoms with Gasteiger partial charge in [-0.2, -0.15) is 4.37 Å². The van der Waals surface area contributed by atoms with E-state index in [4.69, 9.17) is 5.73 Å². The van der Waals surface area contributed by atoms with Gasteiger partial charge in [0, 0.05) is 25.2 Å². The van der Waals surface area contributed by atoms with Gasteiger partial charge in [-0.15, -0.1) is 0 Å². The molecule has 21 heavy (non-hydrogen) atoms. The van der Waals surface area contributed by atoms with Crippen molar-refractivity contribution in [3.05, 3.63) is 5.56 Å². The Labute approximate surface area is 129 Å². The lowest BCUT2D eigenvalue weighted by molar-refractivity contribution is 0.0952. The summed E-state index contributed by atoms with van der Waals surface area (Å²) in [5.74, 6) is 0.293. The van der Waals surface area contributed by atoms with Gasteiger partial charge >= 0.3 is 0 Å². The summed E-state index contributed by atoms with van der Waals surface area (Å²) >= 11 is 1.34. The number of carbonyl (C=O) groups excluding carboxylic acids is 1. The molecule has 1 aliphatic heterocycles. The van der Waals surface area contributed by atoms with Crippen molar-refractivity contribution in [2.45, 2.75) is 38.3 Å². The molecule has 1 saturated heterocycles. The second-order valence-electron chi connectivity index (χ2n) is 6.15. The first-order valence-electron chi connectivity index (χ1n) is 7.57. The summed E-state index contributed by atoms with van der Waals surface area (Å²) in [5, 5.41) is 3.95. The van der Waals surface area contributed by atoms with Crippen LogP contribution >= 0.6 is 11.5 Å². The summed E-state index contributed by atoms with van der Waals surface area (Å²) in [7, 11) is 2.14. The second-order valence-corrected chi connectivity index (χ2v) is 6.91. The van der Waals surface area contributed by atoms with Gasteiger partial charge in [0.25, 0.3) is 5.91 Å². The van der Waals surface area contributed by atoms with Gasteiger partial charge in [-0.1, -0.05) is 0 Å². The predicted octanol–water partition coefficient (Wildman–Crippen LogP) is 1.15. The number of hydrogen-bond acceptors (Lipinski definition) is 6. The SMILES string of the molecule is CC1CN(C)CCCN1c1snc(N)c1C(=O)NC1CC1. The van der Waals surface area contributed by atoms with E-state index in [-0.39, 0.29) is 5.91 Å². The van der Waals surface area contributed by atoms with Crippen molar-refractivity contribution < 1.29 is 4.79 Å². The van der Waals surface area contributed by atoms with Gasteiger partial charge in [0.05, 0.1) is 0 Å². The van der Waals surface area contributed by atoms with Gasteiger partial charge in [0.2, 0.25) is 0 Å². The van der Waals surface area contributed by atoms with Gasteiger partial charge in [-0.05, 0) is 51.3 Å². The first-order valence-corrected chi connectivity index (χ1v) is 8.34. The maximum atomic E-state index is 12.4. The van der Waals surface area contributed by atoms with Crippen LogP contribution in [0.4, 0.5) is 10.8 Å². The minimum absolute atomic E-state index is 0.0662. The average molecular weight is 309 g/mol. The Hall–Kier alpha value is -1.34. The molecular weight excluding hydrogens is 286 g/mol. The topological polar surface area (TPSA) is 74.5 Å². The number of amides is 1. The van der Waals surface area contributed by atoms with Crippen LogP contribution in [0, 0.1) is 0 Å². The molecule has 1 aliphatic carbocycles. The molecule has 3 N–H and O–H groups in total. The molecule has 1 aromatic rings. The zero-order valence-electron chi connectivity index (χ0n) is 12.6. The van der Waals surface area contributed by atoms with E-state index >= 15 is 0 Å². The molecule has 3 rings (SSSR count). The highest BCUT2D eigenvalue weighted by molar-refractivity contribution is 7.11. The Kier molecular flexibility index (Phi) is 4.03. The number of rotatable bonds is 3. The Morgan fingerprint density at radius 1 is 1.43 bits per heavy atom. The second kappa shape index (κ2) is 5.81. The fraction of sp³-hybridized carbons (Fsp3) is 0.714. The van der Waals surface area contributed by atoms with Gasteiger partial charge in [-0.3, -0.25) is 4.79 Å². The third-order valence-electron chi connectivity index (χ3n) is 4.15. The molecule has 2 fully saturated rings. The maximum absolute atomic E-state index is 12.4. The first-order chi connectivity index (χ1) is 10.1. The molecule has 1 atom stereocenters. The van der Waals surface area contributed by atoms with Crippen molar-refractivity contribution in [3.8, 4) is 0 Å². The Morgan fingerprint density at radius 3 is 2.90 bits per heavy atom. The fourth-order valence-corrected chi connectivity index (χ4v) is 3.80. The fourth-order valence-electron chi connectivity index (χ4n) is 2.86.